The summed E-state index contributed by atoms with van der Waals surface area (Å²) in [5.41, 5.74) is 8.74. The van der Waals surface area contributed by atoms with Gasteiger partial charge in [-0.05, 0) is 57.9 Å². The maximum Gasteiger partial charge on any atom is 0.132 e. The number of nitrogens with two attached hydrogens (primary N) is 1. The molecule has 3 nitrogen and oxygen atoms in total. The number of aryl methyl sites for hydroxylation is 2. The van der Waals surface area contributed by atoms with E-state index in [9.17, 15) is 4.39 Å². The van der Waals surface area contributed by atoms with Crippen LogP contribution in [0.4, 0.5) is 10.2 Å². The van der Waals surface area contributed by atoms with Crippen LogP contribution in [0.1, 0.15) is 45.5 Å². The van der Waals surface area contributed by atoms with E-state index in [1.165, 1.54) is 12.1 Å². The van der Waals surface area contributed by atoms with Gasteiger partial charge in [0.25, 0.3) is 0 Å². The van der Waals surface area contributed by atoms with E-state index >= 15 is 0 Å². The molecule has 0 amide bonds. The lowest BCUT2D eigenvalue weighted by Gasteiger charge is -2.25. The summed E-state index contributed by atoms with van der Waals surface area (Å²) in [6.45, 7) is 10.4. The number of anilines is 1. The zero-order chi connectivity index (χ0) is 15.8. The van der Waals surface area contributed by atoms with Gasteiger partial charge in [0.2, 0.25) is 0 Å². The summed E-state index contributed by atoms with van der Waals surface area (Å²) >= 11 is 0. The molecule has 0 saturated carbocycles. The normalized spacial score (nSPS) is 11.9. The minimum absolute atomic E-state index is 0.131. The van der Waals surface area contributed by atoms with Crippen molar-refractivity contribution < 1.29 is 4.39 Å². The van der Waals surface area contributed by atoms with Gasteiger partial charge in [0.15, 0.2) is 0 Å². The average Bonchev–Trinajstić information content (AvgIpc) is 2.66. The molecule has 0 fully saturated rings. The Morgan fingerprint density at radius 2 is 1.95 bits per heavy atom. The number of hydrogen-bond donors (Lipinski definition) is 1. The lowest BCUT2D eigenvalue weighted by molar-refractivity contribution is 0.387. The summed E-state index contributed by atoms with van der Waals surface area (Å²) in [5, 5.41) is 0. The van der Waals surface area contributed by atoms with Crippen molar-refractivity contribution >= 4 is 5.82 Å². The van der Waals surface area contributed by atoms with Crippen LogP contribution in [0.3, 0.4) is 0 Å². The molecule has 2 rings (SSSR count). The summed E-state index contributed by atoms with van der Waals surface area (Å²) in [6.07, 6.45) is 1.89. The van der Waals surface area contributed by atoms with E-state index in [4.69, 9.17) is 10.7 Å². The van der Waals surface area contributed by atoms with Crippen LogP contribution in [-0.4, -0.2) is 9.55 Å². The van der Waals surface area contributed by atoms with Crippen molar-refractivity contribution in [2.24, 2.45) is 0 Å². The van der Waals surface area contributed by atoms with E-state index in [1.54, 1.807) is 6.07 Å². The second kappa shape index (κ2) is 5.51. The molecule has 2 N–H and O–H groups in total. The molecule has 114 valence electrons. The highest BCUT2D eigenvalue weighted by Crippen LogP contribution is 2.33. The standard InChI is InChI=1S/C17H24FN3/c1-6-7-14-20-15(16(19)21(14)17(3,4)5)13-9-8-12(18)10-11(13)2/h8-10H,6-7,19H2,1-5H3. The molecule has 0 spiro atoms. The van der Waals surface area contributed by atoms with E-state index in [0.717, 1.165) is 35.5 Å². The van der Waals surface area contributed by atoms with Crippen LogP contribution < -0.4 is 5.73 Å². The van der Waals surface area contributed by atoms with Crippen LogP contribution >= 0.6 is 0 Å². The van der Waals surface area contributed by atoms with Gasteiger partial charge in [-0.1, -0.05) is 6.92 Å². The van der Waals surface area contributed by atoms with Crippen LogP contribution in [0.5, 0.6) is 0 Å². The predicted molar refractivity (Wildman–Crippen MR) is 85.8 cm³/mol. The number of rotatable bonds is 3. The first kappa shape index (κ1) is 15.5. The van der Waals surface area contributed by atoms with E-state index in [-0.39, 0.29) is 11.4 Å². The van der Waals surface area contributed by atoms with Gasteiger partial charge in [0.05, 0.1) is 0 Å². The Kier molecular flexibility index (Phi) is 4.08. The highest BCUT2D eigenvalue weighted by molar-refractivity contribution is 5.74. The molecule has 0 saturated heterocycles. The van der Waals surface area contributed by atoms with E-state index < -0.39 is 0 Å². The molecule has 1 aromatic heterocycles. The van der Waals surface area contributed by atoms with Gasteiger partial charge in [-0.3, -0.25) is 0 Å². The summed E-state index contributed by atoms with van der Waals surface area (Å²) in [6, 6.07) is 4.73. The molecule has 21 heavy (non-hydrogen) atoms. The first-order chi connectivity index (χ1) is 9.75. The van der Waals surface area contributed by atoms with Crippen molar-refractivity contribution in [3.8, 4) is 11.3 Å². The number of nitrogens with zero attached hydrogens (tertiary/aromatic N) is 2. The SMILES string of the molecule is CCCc1nc(-c2ccc(F)cc2C)c(N)n1C(C)(C)C. The van der Waals surface area contributed by atoms with E-state index in [1.807, 2.05) is 6.92 Å². The Hall–Kier alpha value is -1.84. The fraction of sp³-hybridized carbons (Fsp3) is 0.471. The lowest BCUT2D eigenvalue weighted by atomic mass is 10.0. The second-order valence-corrected chi connectivity index (χ2v) is 6.48. The van der Waals surface area contributed by atoms with Crippen molar-refractivity contribution in [3.63, 3.8) is 0 Å². The lowest BCUT2D eigenvalue weighted by Crippen LogP contribution is -2.25. The average molecular weight is 289 g/mol. The minimum Gasteiger partial charge on any atom is -0.383 e. The largest absolute Gasteiger partial charge is 0.383 e. The zero-order valence-corrected chi connectivity index (χ0v) is 13.5. The Bertz CT molecular complexity index is 651. The molecule has 0 aliphatic carbocycles. The van der Waals surface area contributed by atoms with Gasteiger partial charge in [-0.25, -0.2) is 9.37 Å². The van der Waals surface area contributed by atoms with Gasteiger partial charge in [-0.15, -0.1) is 0 Å². The number of benzene rings is 1. The van der Waals surface area contributed by atoms with Crippen molar-refractivity contribution in [2.75, 3.05) is 5.73 Å². The van der Waals surface area contributed by atoms with E-state index in [0.29, 0.717) is 5.82 Å². The fourth-order valence-electron chi connectivity index (χ4n) is 2.71. The highest BCUT2D eigenvalue weighted by atomic mass is 19.1. The summed E-state index contributed by atoms with van der Waals surface area (Å²) in [4.78, 5) is 4.74. The van der Waals surface area contributed by atoms with Gasteiger partial charge < -0.3 is 10.3 Å². The maximum absolute atomic E-state index is 13.3. The Morgan fingerprint density at radius 3 is 2.48 bits per heavy atom. The number of hydrogen-bond acceptors (Lipinski definition) is 2. The molecule has 1 aromatic carbocycles. The number of nitrogen functional groups attached to an aromatic ring is 1. The first-order valence-corrected chi connectivity index (χ1v) is 7.39. The smallest absolute Gasteiger partial charge is 0.132 e. The summed E-state index contributed by atoms with van der Waals surface area (Å²) in [5.74, 6) is 1.40. The number of aromatic nitrogens is 2. The van der Waals surface area contributed by atoms with Crippen molar-refractivity contribution in [3.05, 3.63) is 35.4 Å². The minimum atomic E-state index is -0.237. The third-order valence-corrected chi connectivity index (χ3v) is 3.57. The molecule has 2 aromatic rings. The Morgan fingerprint density at radius 1 is 1.29 bits per heavy atom. The molecule has 0 aliphatic heterocycles. The van der Waals surface area contributed by atoms with Gasteiger partial charge >= 0.3 is 0 Å². The van der Waals surface area contributed by atoms with Crippen molar-refractivity contribution in [2.45, 2.75) is 53.0 Å². The van der Waals surface area contributed by atoms with Crippen molar-refractivity contribution in [1.82, 2.24) is 9.55 Å². The van der Waals surface area contributed by atoms with Crippen molar-refractivity contribution in [1.29, 1.82) is 0 Å². The van der Waals surface area contributed by atoms with E-state index in [2.05, 4.69) is 32.3 Å². The summed E-state index contributed by atoms with van der Waals surface area (Å²) in [7, 11) is 0. The van der Waals surface area contributed by atoms with Crippen LogP contribution in [0.2, 0.25) is 0 Å². The number of halogens is 1. The maximum atomic E-state index is 13.3. The monoisotopic (exact) mass is 289 g/mol. The quantitative estimate of drug-likeness (QED) is 0.916. The molecule has 0 unspecified atom stereocenters. The molecular formula is C17H24FN3. The molecular weight excluding hydrogens is 265 g/mol. The van der Waals surface area contributed by atoms with Crippen LogP contribution in [0, 0.1) is 12.7 Å². The molecule has 0 atom stereocenters. The second-order valence-electron chi connectivity index (χ2n) is 6.48. The fourth-order valence-corrected chi connectivity index (χ4v) is 2.71. The number of imidazole rings is 1. The predicted octanol–water partition coefficient (Wildman–Crippen LogP) is 4.29. The highest BCUT2D eigenvalue weighted by Gasteiger charge is 2.24. The molecule has 1 heterocycles. The Balaban J connectivity index is 2.65. The molecule has 0 radical (unpaired) electrons. The molecule has 0 aliphatic rings. The van der Waals surface area contributed by atoms with Crippen LogP contribution in [-0.2, 0) is 12.0 Å². The van der Waals surface area contributed by atoms with Gasteiger partial charge in [-0.2, -0.15) is 0 Å². The molecule has 4 heteroatoms. The molecule has 0 bridgehead atoms. The third-order valence-electron chi connectivity index (χ3n) is 3.57. The van der Waals surface area contributed by atoms with Crippen LogP contribution in [0.15, 0.2) is 18.2 Å². The Labute approximate surface area is 126 Å². The third kappa shape index (κ3) is 2.94. The summed E-state index contributed by atoms with van der Waals surface area (Å²) < 4.78 is 15.4. The van der Waals surface area contributed by atoms with Gasteiger partial charge in [0, 0.05) is 17.5 Å². The van der Waals surface area contributed by atoms with Gasteiger partial charge in [0.1, 0.15) is 23.2 Å². The zero-order valence-electron chi connectivity index (χ0n) is 13.5. The first-order valence-electron chi connectivity index (χ1n) is 7.39. The topological polar surface area (TPSA) is 43.8 Å². The van der Waals surface area contributed by atoms with Crippen LogP contribution in [0.25, 0.3) is 11.3 Å².